The Morgan fingerprint density at radius 1 is 1.30 bits per heavy atom. The topological polar surface area (TPSA) is 60.9 Å². The molecule has 0 aromatic rings. The van der Waals surface area contributed by atoms with Crippen LogP contribution >= 0.6 is 0 Å². The Labute approximate surface area is 120 Å². The average molecular weight is 282 g/mol. The van der Waals surface area contributed by atoms with Crippen molar-refractivity contribution < 1.29 is 14.7 Å². The standard InChI is InChI=1S/C15H26N2O3/c1-5-15(2,3)11-7-6-10(18)8-12(11)17-9-13(19)16(4)14(17)20/h10-12,18H,5-9H2,1-4H3. The van der Waals surface area contributed by atoms with Crippen LogP contribution in [0.5, 0.6) is 0 Å². The van der Waals surface area contributed by atoms with Gasteiger partial charge in [-0.2, -0.15) is 0 Å². The molecule has 0 aromatic heterocycles. The van der Waals surface area contributed by atoms with E-state index in [1.54, 1.807) is 4.90 Å². The number of aliphatic hydroxyl groups is 1. The van der Waals surface area contributed by atoms with Crippen LogP contribution in [0.25, 0.3) is 0 Å². The van der Waals surface area contributed by atoms with E-state index in [0.717, 1.165) is 19.3 Å². The maximum Gasteiger partial charge on any atom is 0.327 e. The minimum absolute atomic E-state index is 0.0323. The number of hydrogen-bond acceptors (Lipinski definition) is 3. The van der Waals surface area contributed by atoms with Gasteiger partial charge in [0.25, 0.3) is 0 Å². The zero-order valence-electron chi connectivity index (χ0n) is 12.9. The molecule has 0 bridgehead atoms. The molecule has 1 N–H and O–H groups in total. The molecule has 1 aliphatic heterocycles. The summed E-state index contributed by atoms with van der Waals surface area (Å²) < 4.78 is 0. The van der Waals surface area contributed by atoms with E-state index in [2.05, 4.69) is 20.8 Å². The number of nitrogens with zero attached hydrogens (tertiary/aromatic N) is 2. The molecule has 2 rings (SSSR count). The van der Waals surface area contributed by atoms with Gasteiger partial charge in [0.1, 0.15) is 6.54 Å². The summed E-state index contributed by atoms with van der Waals surface area (Å²) in [6.45, 7) is 6.75. The van der Waals surface area contributed by atoms with E-state index in [1.807, 2.05) is 0 Å². The lowest BCUT2D eigenvalue weighted by molar-refractivity contribution is -0.124. The van der Waals surface area contributed by atoms with Crippen LogP contribution in [0.4, 0.5) is 4.79 Å². The predicted molar refractivity (Wildman–Crippen MR) is 76.1 cm³/mol. The molecule has 1 aliphatic carbocycles. The minimum atomic E-state index is -0.363. The molecule has 1 heterocycles. The smallest absolute Gasteiger partial charge is 0.327 e. The van der Waals surface area contributed by atoms with Crippen LogP contribution in [0.1, 0.15) is 46.5 Å². The molecule has 0 spiro atoms. The fourth-order valence-electron chi connectivity index (χ4n) is 3.52. The summed E-state index contributed by atoms with van der Waals surface area (Å²) in [6, 6.07) is -0.249. The Hall–Kier alpha value is -1.10. The molecule has 0 aromatic carbocycles. The summed E-state index contributed by atoms with van der Waals surface area (Å²) in [4.78, 5) is 26.8. The van der Waals surface area contributed by atoms with Crippen LogP contribution in [-0.2, 0) is 4.79 Å². The van der Waals surface area contributed by atoms with Gasteiger partial charge in [0.15, 0.2) is 0 Å². The highest BCUT2D eigenvalue weighted by Gasteiger charge is 2.46. The molecule has 2 fully saturated rings. The Morgan fingerprint density at radius 3 is 2.45 bits per heavy atom. The van der Waals surface area contributed by atoms with Crippen molar-refractivity contribution in [2.45, 2.75) is 58.6 Å². The number of likely N-dealkylation sites (N-methyl/N-ethyl adjacent to an activating group) is 1. The summed E-state index contributed by atoms with van der Waals surface area (Å²) in [7, 11) is 1.53. The Balaban J connectivity index is 2.25. The number of imide groups is 1. The van der Waals surface area contributed by atoms with Crippen molar-refractivity contribution >= 4 is 11.9 Å². The second-order valence-electron chi connectivity index (χ2n) is 6.85. The van der Waals surface area contributed by atoms with Crippen molar-refractivity contribution in [3.05, 3.63) is 0 Å². The zero-order chi connectivity index (χ0) is 15.1. The quantitative estimate of drug-likeness (QED) is 0.804. The van der Waals surface area contributed by atoms with E-state index in [1.165, 1.54) is 11.9 Å². The van der Waals surface area contributed by atoms with E-state index < -0.39 is 0 Å². The second kappa shape index (κ2) is 5.35. The number of hydrogen-bond donors (Lipinski definition) is 1. The predicted octanol–water partition coefficient (Wildman–Crippen LogP) is 1.85. The van der Waals surface area contributed by atoms with Crippen molar-refractivity contribution in [2.75, 3.05) is 13.6 Å². The van der Waals surface area contributed by atoms with E-state index >= 15 is 0 Å². The molecule has 1 saturated heterocycles. The van der Waals surface area contributed by atoms with Gasteiger partial charge in [0.2, 0.25) is 5.91 Å². The average Bonchev–Trinajstić information content (AvgIpc) is 2.66. The summed E-state index contributed by atoms with van der Waals surface area (Å²) in [5.74, 6) is 0.183. The first kappa shape index (κ1) is 15.3. The maximum absolute atomic E-state index is 12.2. The fourth-order valence-corrected chi connectivity index (χ4v) is 3.52. The highest BCUT2D eigenvalue weighted by molar-refractivity contribution is 6.01. The number of urea groups is 1. The van der Waals surface area contributed by atoms with E-state index in [-0.39, 0.29) is 36.0 Å². The van der Waals surface area contributed by atoms with Gasteiger partial charge in [-0.15, -0.1) is 0 Å². The van der Waals surface area contributed by atoms with Gasteiger partial charge in [-0.3, -0.25) is 9.69 Å². The molecule has 2 aliphatic rings. The third kappa shape index (κ3) is 2.55. The van der Waals surface area contributed by atoms with E-state index in [9.17, 15) is 14.7 Å². The van der Waals surface area contributed by atoms with Crippen LogP contribution < -0.4 is 0 Å². The van der Waals surface area contributed by atoms with Crippen LogP contribution in [0.3, 0.4) is 0 Å². The number of aliphatic hydroxyl groups excluding tert-OH is 1. The molecule has 3 unspecified atom stereocenters. The number of carbonyl (C=O) groups excluding carboxylic acids is 2. The molecular formula is C15H26N2O3. The summed E-state index contributed by atoms with van der Waals surface area (Å²) >= 11 is 0. The third-order valence-electron chi connectivity index (χ3n) is 5.32. The van der Waals surface area contributed by atoms with Gasteiger partial charge < -0.3 is 10.0 Å². The summed E-state index contributed by atoms with van der Waals surface area (Å²) in [5.41, 5.74) is 0.106. The molecule has 3 amide bonds. The molecular weight excluding hydrogens is 256 g/mol. The maximum atomic E-state index is 12.2. The van der Waals surface area contributed by atoms with Crippen molar-refractivity contribution in [1.82, 2.24) is 9.80 Å². The van der Waals surface area contributed by atoms with E-state index in [0.29, 0.717) is 12.3 Å². The highest BCUT2D eigenvalue weighted by atomic mass is 16.3. The summed E-state index contributed by atoms with van der Waals surface area (Å²) in [5, 5.41) is 9.98. The lowest BCUT2D eigenvalue weighted by Crippen LogP contribution is -2.51. The van der Waals surface area contributed by atoms with Gasteiger partial charge in [0.05, 0.1) is 6.10 Å². The lowest BCUT2D eigenvalue weighted by Gasteiger charge is -2.46. The van der Waals surface area contributed by atoms with Gasteiger partial charge in [0, 0.05) is 13.1 Å². The second-order valence-corrected chi connectivity index (χ2v) is 6.85. The van der Waals surface area contributed by atoms with Crippen molar-refractivity contribution in [3.8, 4) is 0 Å². The summed E-state index contributed by atoms with van der Waals surface area (Å²) in [6.07, 6.45) is 2.94. The molecule has 1 saturated carbocycles. The zero-order valence-corrected chi connectivity index (χ0v) is 12.9. The molecule has 0 radical (unpaired) electrons. The molecule has 5 heteroatoms. The minimum Gasteiger partial charge on any atom is -0.393 e. The molecule has 20 heavy (non-hydrogen) atoms. The highest BCUT2D eigenvalue weighted by Crippen LogP contribution is 2.43. The van der Waals surface area contributed by atoms with E-state index in [4.69, 9.17) is 0 Å². The largest absolute Gasteiger partial charge is 0.393 e. The van der Waals surface area contributed by atoms with Gasteiger partial charge in [-0.1, -0.05) is 27.2 Å². The number of rotatable bonds is 3. The molecule has 3 atom stereocenters. The SMILES string of the molecule is CCC(C)(C)C1CCC(O)CC1N1CC(=O)N(C)C1=O. The van der Waals surface area contributed by atoms with Crippen molar-refractivity contribution in [2.24, 2.45) is 11.3 Å². The Bertz CT molecular complexity index is 408. The van der Waals surface area contributed by atoms with Crippen LogP contribution in [0.15, 0.2) is 0 Å². The number of carbonyl (C=O) groups is 2. The first-order valence-corrected chi connectivity index (χ1v) is 7.53. The number of amides is 3. The van der Waals surface area contributed by atoms with Crippen LogP contribution in [-0.4, -0.2) is 52.6 Å². The Morgan fingerprint density at radius 2 is 1.95 bits per heavy atom. The van der Waals surface area contributed by atoms with Gasteiger partial charge in [-0.25, -0.2) is 4.79 Å². The molecule has 114 valence electrons. The Kier molecular flexibility index (Phi) is 4.09. The third-order valence-corrected chi connectivity index (χ3v) is 5.32. The normalized spacial score (nSPS) is 32.1. The van der Waals surface area contributed by atoms with Crippen LogP contribution in [0.2, 0.25) is 0 Å². The first-order valence-electron chi connectivity index (χ1n) is 7.53. The van der Waals surface area contributed by atoms with Gasteiger partial charge in [-0.05, 0) is 30.6 Å². The monoisotopic (exact) mass is 282 g/mol. The van der Waals surface area contributed by atoms with Crippen molar-refractivity contribution in [1.29, 1.82) is 0 Å². The fraction of sp³-hybridized carbons (Fsp3) is 0.867. The lowest BCUT2D eigenvalue weighted by atomic mass is 9.66. The van der Waals surface area contributed by atoms with Crippen LogP contribution in [0, 0.1) is 11.3 Å². The first-order chi connectivity index (χ1) is 9.27. The molecule has 5 nitrogen and oxygen atoms in total. The van der Waals surface area contributed by atoms with Gasteiger partial charge >= 0.3 is 6.03 Å². The van der Waals surface area contributed by atoms with Crippen molar-refractivity contribution in [3.63, 3.8) is 0 Å².